The number of hydrogen-bond acceptors (Lipinski definition) is 3. The summed E-state index contributed by atoms with van der Waals surface area (Å²) in [5.41, 5.74) is -1.51. The highest BCUT2D eigenvalue weighted by atomic mass is 19.4. The third-order valence-corrected chi connectivity index (χ3v) is 6.48. The lowest BCUT2D eigenvalue weighted by atomic mass is 9.94. The van der Waals surface area contributed by atoms with Gasteiger partial charge in [0.05, 0.1) is 22.3 Å². The lowest BCUT2D eigenvalue weighted by Gasteiger charge is -2.11. The number of nitrogens with one attached hydrogen (secondary N) is 2. The van der Waals surface area contributed by atoms with Gasteiger partial charge in [0.15, 0.2) is 0 Å². The summed E-state index contributed by atoms with van der Waals surface area (Å²) in [7, 11) is 3.65. The molecule has 1 aliphatic heterocycles. The summed E-state index contributed by atoms with van der Waals surface area (Å²) in [6, 6.07) is 6.10. The number of rotatable bonds is 5. The predicted molar refractivity (Wildman–Crippen MR) is 129 cm³/mol. The Morgan fingerprint density at radius 3 is 2.00 bits per heavy atom. The normalized spacial score (nSPS) is 15.0. The molecule has 0 fully saturated rings. The van der Waals surface area contributed by atoms with Gasteiger partial charge in [0.1, 0.15) is 0 Å². The zero-order chi connectivity index (χ0) is 27.6. The van der Waals surface area contributed by atoms with Gasteiger partial charge in [-0.05, 0) is 50.5 Å². The highest BCUT2D eigenvalue weighted by molar-refractivity contribution is 6.50. The van der Waals surface area contributed by atoms with Crippen LogP contribution in [0.5, 0.6) is 0 Å². The van der Waals surface area contributed by atoms with Crippen LogP contribution in [0, 0.1) is 0 Å². The molecule has 0 bridgehead atoms. The van der Waals surface area contributed by atoms with Gasteiger partial charge in [-0.1, -0.05) is 0 Å². The van der Waals surface area contributed by atoms with E-state index in [2.05, 4.69) is 10.3 Å². The molecule has 2 N–H and O–H groups in total. The summed E-state index contributed by atoms with van der Waals surface area (Å²) >= 11 is 0. The van der Waals surface area contributed by atoms with Crippen LogP contribution in [0.4, 0.5) is 26.3 Å². The second-order valence-electron chi connectivity index (χ2n) is 9.26. The van der Waals surface area contributed by atoms with Crippen LogP contribution in [-0.2, 0) is 28.5 Å². The Morgan fingerprint density at radius 1 is 0.816 bits per heavy atom. The number of carbonyl (C=O) groups is 2. The predicted octanol–water partition coefficient (Wildman–Crippen LogP) is 5.29. The minimum atomic E-state index is -4.66. The lowest BCUT2D eigenvalue weighted by Crippen LogP contribution is -2.22. The Kier molecular flexibility index (Phi) is 5.90. The summed E-state index contributed by atoms with van der Waals surface area (Å²) in [6.07, 6.45) is -6.50. The Bertz CT molecular complexity index is 1640. The van der Waals surface area contributed by atoms with E-state index in [1.54, 1.807) is 4.57 Å². The summed E-state index contributed by atoms with van der Waals surface area (Å²) < 4.78 is 82.6. The van der Waals surface area contributed by atoms with Crippen molar-refractivity contribution in [3.05, 3.63) is 71.0 Å². The maximum atomic E-state index is 13.6. The van der Waals surface area contributed by atoms with Gasteiger partial charge in [-0.2, -0.15) is 26.3 Å². The summed E-state index contributed by atoms with van der Waals surface area (Å²) in [4.78, 5) is 30.7. The first-order chi connectivity index (χ1) is 17.8. The lowest BCUT2D eigenvalue weighted by molar-refractivity contribution is -0.138. The number of halogens is 6. The Morgan fingerprint density at radius 2 is 1.39 bits per heavy atom. The highest BCUT2D eigenvalue weighted by Gasteiger charge is 2.37. The molecular weight excluding hydrogens is 514 g/mol. The van der Waals surface area contributed by atoms with Gasteiger partial charge in [0.2, 0.25) is 0 Å². The zero-order valence-electron chi connectivity index (χ0n) is 20.0. The molecule has 0 atom stereocenters. The first-order valence-corrected chi connectivity index (χ1v) is 11.4. The molecule has 0 saturated heterocycles. The summed E-state index contributed by atoms with van der Waals surface area (Å²) in [5, 5.41) is 2.29. The van der Waals surface area contributed by atoms with Crippen molar-refractivity contribution in [3.8, 4) is 0 Å². The molecule has 5 rings (SSSR count). The molecule has 4 aromatic rings. The Hall–Kier alpha value is -4.06. The average molecular weight is 534 g/mol. The van der Waals surface area contributed by atoms with Crippen molar-refractivity contribution in [1.29, 1.82) is 0 Å². The number of carbonyl (C=O) groups excluding carboxylic acids is 2. The monoisotopic (exact) mass is 534 g/mol. The molecule has 0 unspecified atom stereocenters. The molecule has 0 spiro atoms. The second-order valence-corrected chi connectivity index (χ2v) is 9.26. The number of fused-ring (bicyclic) bond motifs is 2. The molecule has 2 aromatic heterocycles. The van der Waals surface area contributed by atoms with E-state index >= 15 is 0 Å². The smallest absolute Gasteiger partial charge is 0.361 e. The molecule has 198 valence electrons. The number of likely N-dealkylation sites (N-methyl/N-ethyl adjacent to an activating group) is 1. The molecule has 3 heterocycles. The van der Waals surface area contributed by atoms with Gasteiger partial charge in [0.25, 0.3) is 11.8 Å². The summed E-state index contributed by atoms with van der Waals surface area (Å²) in [6.45, 7) is 0.902. The van der Waals surface area contributed by atoms with E-state index in [-0.39, 0.29) is 33.0 Å². The highest BCUT2D eigenvalue weighted by Crippen LogP contribution is 2.41. The SMILES string of the molecule is CN(C)CCn1cc(C2=C(c3c[nH]c4ccc(C(F)(F)F)cc34)C(=O)NC2=O)c2cc(C(F)(F)F)ccc21. The van der Waals surface area contributed by atoms with Crippen molar-refractivity contribution in [2.45, 2.75) is 18.9 Å². The molecule has 6 nitrogen and oxygen atoms in total. The molecule has 2 aromatic carbocycles. The number of aromatic amines is 1. The number of benzene rings is 2. The maximum absolute atomic E-state index is 13.6. The van der Waals surface area contributed by atoms with Crippen LogP contribution < -0.4 is 5.32 Å². The van der Waals surface area contributed by atoms with Gasteiger partial charge < -0.3 is 14.5 Å². The topological polar surface area (TPSA) is 70.1 Å². The largest absolute Gasteiger partial charge is 0.416 e. The maximum Gasteiger partial charge on any atom is 0.416 e. The van der Waals surface area contributed by atoms with Crippen molar-refractivity contribution < 1.29 is 35.9 Å². The van der Waals surface area contributed by atoms with Gasteiger partial charge in [0, 0.05) is 58.4 Å². The van der Waals surface area contributed by atoms with E-state index < -0.39 is 35.3 Å². The van der Waals surface area contributed by atoms with E-state index in [4.69, 9.17) is 0 Å². The van der Waals surface area contributed by atoms with Crippen molar-refractivity contribution in [2.75, 3.05) is 20.6 Å². The Labute approximate surface area is 211 Å². The van der Waals surface area contributed by atoms with E-state index in [1.165, 1.54) is 24.5 Å². The number of H-pyrrole nitrogens is 1. The minimum absolute atomic E-state index is 0.0330. The minimum Gasteiger partial charge on any atom is -0.361 e. The fourth-order valence-corrected chi connectivity index (χ4v) is 4.64. The summed E-state index contributed by atoms with van der Waals surface area (Å²) in [5.74, 6) is -1.71. The molecule has 0 aliphatic carbocycles. The van der Waals surface area contributed by atoms with Crippen LogP contribution in [0.1, 0.15) is 22.3 Å². The van der Waals surface area contributed by atoms with Gasteiger partial charge in [-0.15, -0.1) is 0 Å². The van der Waals surface area contributed by atoms with Crippen LogP contribution in [0.15, 0.2) is 48.8 Å². The van der Waals surface area contributed by atoms with Gasteiger partial charge in [-0.25, -0.2) is 0 Å². The van der Waals surface area contributed by atoms with Crippen molar-refractivity contribution in [1.82, 2.24) is 19.8 Å². The molecule has 0 saturated carbocycles. The first-order valence-electron chi connectivity index (χ1n) is 11.4. The van der Waals surface area contributed by atoms with Crippen LogP contribution in [0.25, 0.3) is 33.0 Å². The van der Waals surface area contributed by atoms with Crippen LogP contribution in [0.2, 0.25) is 0 Å². The fourth-order valence-electron chi connectivity index (χ4n) is 4.64. The van der Waals surface area contributed by atoms with Crippen LogP contribution >= 0.6 is 0 Å². The number of imide groups is 1. The van der Waals surface area contributed by atoms with E-state index in [1.807, 2.05) is 19.0 Å². The van der Waals surface area contributed by atoms with Crippen molar-refractivity contribution >= 4 is 44.8 Å². The third kappa shape index (κ3) is 4.34. The second kappa shape index (κ2) is 8.76. The van der Waals surface area contributed by atoms with Gasteiger partial charge in [-0.3, -0.25) is 14.9 Å². The number of amides is 2. The van der Waals surface area contributed by atoms with Crippen LogP contribution in [0.3, 0.4) is 0 Å². The van der Waals surface area contributed by atoms with Crippen molar-refractivity contribution in [3.63, 3.8) is 0 Å². The fraction of sp³-hybridized carbons (Fsp3) is 0.231. The molecule has 1 aliphatic rings. The van der Waals surface area contributed by atoms with Crippen molar-refractivity contribution in [2.24, 2.45) is 0 Å². The number of hydrogen-bond donors (Lipinski definition) is 2. The van der Waals surface area contributed by atoms with E-state index in [9.17, 15) is 35.9 Å². The third-order valence-electron chi connectivity index (χ3n) is 6.48. The van der Waals surface area contributed by atoms with Gasteiger partial charge >= 0.3 is 12.4 Å². The zero-order valence-corrected chi connectivity index (χ0v) is 20.0. The van der Waals surface area contributed by atoms with Crippen LogP contribution in [-0.4, -0.2) is 46.9 Å². The molecule has 38 heavy (non-hydrogen) atoms. The quantitative estimate of drug-likeness (QED) is 0.270. The number of aromatic nitrogens is 2. The van der Waals surface area contributed by atoms with E-state index in [0.717, 1.165) is 24.3 Å². The average Bonchev–Trinajstić information content (AvgIpc) is 3.48. The number of alkyl halides is 6. The number of nitrogens with zero attached hydrogens (tertiary/aromatic N) is 2. The molecule has 2 amide bonds. The molecule has 12 heteroatoms. The van der Waals surface area contributed by atoms with E-state index in [0.29, 0.717) is 24.1 Å². The Balaban J connectivity index is 1.79. The molecule has 0 radical (unpaired) electrons. The first kappa shape index (κ1) is 25.6. The molecular formula is C26H20F6N4O2. The standard InChI is InChI=1S/C26H20F6N4O2/c1-35(2)7-8-36-12-18(16-10-14(26(30,31)32)4-6-20(16)36)22-21(23(37)34-24(22)38)17-11-33-19-5-3-13(9-15(17)19)25(27,28)29/h3-6,9-12,33H,7-8H2,1-2H3,(H,34,37,38).